The number of hydrogen-bond donors (Lipinski definition) is 0. The largest absolute Gasteiger partial charge is 0.313 e. The van der Waals surface area contributed by atoms with E-state index in [1.54, 1.807) is 0 Å². The van der Waals surface area contributed by atoms with Crippen LogP contribution in [0.25, 0.3) is 0 Å². The lowest BCUT2D eigenvalue weighted by Gasteiger charge is -2.16. The normalized spacial score (nSPS) is 12.8. The summed E-state index contributed by atoms with van der Waals surface area (Å²) in [4.78, 5) is 0. The summed E-state index contributed by atoms with van der Waals surface area (Å²) >= 11 is 5.36. The fourth-order valence-corrected chi connectivity index (χ4v) is 3.67. The third-order valence-electron chi connectivity index (χ3n) is 2.05. The minimum atomic E-state index is -2.52. The summed E-state index contributed by atoms with van der Waals surface area (Å²) in [6.45, 7) is 4.23. The van der Waals surface area contributed by atoms with E-state index in [1.807, 2.05) is 51.1 Å². The lowest BCUT2D eigenvalue weighted by Crippen LogP contribution is -1.98. The molecule has 0 fully saturated rings. The molecule has 3 nitrogen and oxygen atoms in total. The van der Waals surface area contributed by atoms with Gasteiger partial charge in [0.25, 0.3) is 0 Å². The van der Waals surface area contributed by atoms with Crippen LogP contribution in [0.15, 0.2) is 35.1 Å². The summed E-state index contributed by atoms with van der Waals surface area (Å²) in [5.74, 6) is 0. The van der Waals surface area contributed by atoms with Crippen LogP contribution in [0.4, 0.5) is 0 Å². The first-order valence-electron chi connectivity index (χ1n) is 5.62. The summed E-state index contributed by atoms with van der Waals surface area (Å²) < 4.78 is 15.4. The molecule has 0 aromatic heterocycles. The van der Waals surface area contributed by atoms with Crippen LogP contribution in [0.5, 0.6) is 0 Å². The highest BCUT2D eigenvalue weighted by molar-refractivity contribution is 8.09. The van der Waals surface area contributed by atoms with Gasteiger partial charge < -0.3 is 9.05 Å². The van der Waals surface area contributed by atoms with E-state index < -0.39 is 6.64 Å². The van der Waals surface area contributed by atoms with Gasteiger partial charge in [-0.2, -0.15) is 0 Å². The van der Waals surface area contributed by atoms with Gasteiger partial charge in [0.2, 0.25) is 0 Å². The molecule has 0 aliphatic heterocycles. The molecular weight excluding hydrogens is 253 g/mol. The van der Waals surface area contributed by atoms with Crippen molar-refractivity contribution in [1.82, 2.24) is 0 Å². The Morgan fingerprint density at radius 3 is 2.18 bits per heavy atom. The molecule has 0 amide bonds. The average molecular weight is 271 g/mol. The molecule has 0 saturated heterocycles. The van der Waals surface area contributed by atoms with Crippen molar-refractivity contribution >= 4 is 24.2 Å². The quantitative estimate of drug-likeness (QED) is 0.582. The maximum absolute atomic E-state index is 5.48. The molecule has 0 bridgehead atoms. The van der Waals surface area contributed by atoms with Crippen molar-refractivity contribution in [2.24, 2.45) is 4.76 Å². The molecule has 1 aromatic rings. The van der Waals surface area contributed by atoms with Crippen molar-refractivity contribution in [3.63, 3.8) is 0 Å². The molecule has 1 aromatic carbocycles. The van der Waals surface area contributed by atoms with Crippen molar-refractivity contribution in [2.45, 2.75) is 20.8 Å². The zero-order valence-electron chi connectivity index (χ0n) is 10.4. The van der Waals surface area contributed by atoms with E-state index in [-0.39, 0.29) is 0 Å². The van der Waals surface area contributed by atoms with Crippen molar-refractivity contribution < 1.29 is 9.05 Å². The number of rotatable bonds is 6. The Bertz CT molecular complexity index is 410. The molecule has 17 heavy (non-hydrogen) atoms. The van der Waals surface area contributed by atoms with E-state index in [0.717, 1.165) is 11.3 Å². The highest BCUT2D eigenvalue weighted by Crippen LogP contribution is 2.50. The molecule has 94 valence electrons. The molecule has 0 N–H and O–H groups in total. The molecular formula is C12H18NO2PS. The van der Waals surface area contributed by atoms with Crippen LogP contribution in [-0.2, 0) is 20.9 Å². The smallest absolute Gasteiger partial charge is 0.309 e. The molecule has 0 unspecified atom stereocenters. The number of benzene rings is 1. The first-order valence-corrected chi connectivity index (χ1v) is 8.21. The van der Waals surface area contributed by atoms with Crippen molar-refractivity contribution in [3.05, 3.63) is 35.9 Å². The lowest BCUT2D eigenvalue weighted by molar-refractivity contribution is 0.267. The zero-order valence-corrected chi connectivity index (χ0v) is 12.1. The molecule has 0 aliphatic carbocycles. The molecule has 0 heterocycles. The first-order chi connectivity index (χ1) is 8.11. The van der Waals surface area contributed by atoms with Gasteiger partial charge in [0.1, 0.15) is 0 Å². The van der Waals surface area contributed by atoms with E-state index in [1.165, 1.54) is 0 Å². The van der Waals surface area contributed by atoms with Crippen LogP contribution in [0.1, 0.15) is 26.3 Å². The fourth-order valence-electron chi connectivity index (χ4n) is 1.34. The third kappa shape index (κ3) is 4.68. The Kier molecular flexibility index (Phi) is 6.00. The maximum atomic E-state index is 5.48. The SMILES string of the molecule is CCOP(=S)(/N=C(\C)c1ccccc1)OCC. The van der Waals surface area contributed by atoms with Gasteiger partial charge in [-0.1, -0.05) is 30.3 Å². The van der Waals surface area contributed by atoms with Gasteiger partial charge in [-0.05, 0) is 38.1 Å². The molecule has 0 spiro atoms. The third-order valence-corrected chi connectivity index (χ3v) is 4.64. The number of hydrogen-bond acceptors (Lipinski definition) is 3. The van der Waals surface area contributed by atoms with Gasteiger partial charge in [-0.3, -0.25) is 0 Å². The van der Waals surface area contributed by atoms with Gasteiger partial charge in [-0.15, -0.1) is 0 Å². The lowest BCUT2D eigenvalue weighted by atomic mass is 10.1. The van der Waals surface area contributed by atoms with E-state index >= 15 is 0 Å². The van der Waals surface area contributed by atoms with E-state index in [4.69, 9.17) is 20.9 Å². The average Bonchev–Trinajstić information content (AvgIpc) is 2.30. The maximum Gasteiger partial charge on any atom is 0.309 e. The van der Waals surface area contributed by atoms with Crippen LogP contribution in [0.2, 0.25) is 0 Å². The van der Waals surface area contributed by atoms with Crippen LogP contribution in [-0.4, -0.2) is 18.9 Å². The van der Waals surface area contributed by atoms with Gasteiger partial charge in [-0.25, -0.2) is 4.76 Å². The molecule has 0 aliphatic rings. The van der Waals surface area contributed by atoms with Crippen molar-refractivity contribution in [1.29, 1.82) is 0 Å². The summed E-state index contributed by atoms with van der Waals surface area (Å²) in [6.07, 6.45) is 0. The van der Waals surface area contributed by atoms with Crippen LogP contribution in [0, 0.1) is 0 Å². The Hall–Kier alpha value is -0.540. The summed E-state index contributed by atoms with van der Waals surface area (Å²) in [5, 5.41) is 0. The fraction of sp³-hybridized carbons (Fsp3) is 0.417. The van der Waals surface area contributed by atoms with E-state index in [0.29, 0.717) is 13.2 Å². The minimum Gasteiger partial charge on any atom is -0.313 e. The molecule has 5 heteroatoms. The van der Waals surface area contributed by atoms with Gasteiger partial charge in [0, 0.05) is 5.71 Å². The Labute approximate surface area is 108 Å². The second-order valence-electron chi connectivity index (χ2n) is 3.36. The Balaban J connectivity index is 2.95. The standard InChI is InChI=1S/C12H18NO2PS/c1-4-14-16(17,15-5-2)13-11(3)12-9-7-6-8-10-12/h6-10H,4-5H2,1-3H3/b13-11+. The van der Waals surface area contributed by atoms with Gasteiger partial charge >= 0.3 is 6.64 Å². The molecule has 1 rings (SSSR count). The Morgan fingerprint density at radius 1 is 1.18 bits per heavy atom. The van der Waals surface area contributed by atoms with Crippen LogP contribution < -0.4 is 0 Å². The van der Waals surface area contributed by atoms with Crippen molar-refractivity contribution in [3.8, 4) is 0 Å². The monoisotopic (exact) mass is 271 g/mol. The summed E-state index contributed by atoms with van der Waals surface area (Å²) in [6, 6.07) is 9.91. The molecule has 0 atom stereocenters. The van der Waals surface area contributed by atoms with Gasteiger partial charge in [0.05, 0.1) is 13.2 Å². The van der Waals surface area contributed by atoms with E-state index in [2.05, 4.69) is 4.76 Å². The molecule has 0 radical (unpaired) electrons. The highest BCUT2D eigenvalue weighted by Gasteiger charge is 2.16. The first kappa shape index (κ1) is 14.5. The highest BCUT2D eigenvalue weighted by atomic mass is 32.5. The number of nitrogens with zero attached hydrogens (tertiary/aromatic N) is 1. The summed E-state index contributed by atoms with van der Waals surface area (Å²) in [5.41, 5.74) is 1.90. The van der Waals surface area contributed by atoms with Crippen molar-refractivity contribution in [2.75, 3.05) is 13.2 Å². The second-order valence-corrected chi connectivity index (χ2v) is 6.39. The topological polar surface area (TPSA) is 30.8 Å². The predicted molar refractivity (Wildman–Crippen MR) is 76.2 cm³/mol. The van der Waals surface area contributed by atoms with Crippen LogP contribution in [0.3, 0.4) is 0 Å². The van der Waals surface area contributed by atoms with Crippen LogP contribution >= 0.6 is 6.64 Å². The second kappa shape index (κ2) is 7.02. The Morgan fingerprint density at radius 2 is 1.71 bits per heavy atom. The van der Waals surface area contributed by atoms with Gasteiger partial charge in [0.15, 0.2) is 0 Å². The molecule has 0 saturated carbocycles. The predicted octanol–water partition coefficient (Wildman–Crippen LogP) is 3.79. The minimum absolute atomic E-state index is 0.517. The zero-order chi connectivity index (χ0) is 12.7. The van der Waals surface area contributed by atoms with E-state index in [9.17, 15) is 0 Å². The summed E-state index contributed by atoms with van der Waals surface area (Å²) in [7, 11) is 0.